The monoisotopic (exact) mass is 338 g/mol. The van der Waals surface area contributed by atoms with E-state index in [2.05, 4.69) is 6.92 Å². The van der Waals surface area contributed by atoms with Crippen LogP contribution in [0.5, 0.6) is 0 Å². The number of fused-ring (bicyclic) bond motifs is 1. The third kappa shape index (κ3) is 4.90. The minimum atomic E-state index is -1.13. The predicted octanol–water partition coefficient (Wildman–Crippen LogP) is 3.00. The van der Waals surface area contributed by atoms with Crippen LogP contribution in [0.3, 0.4) is 0 Å². The van der Waals surface area contributed by atoms with Gasteiger partial charge < -0.3 is 14.6 Å². The Kier molecular flexibility index (Phi) is 5.87. The molecule has 4 unspecified atom stereocenters. The van der Waals surface area contributed by atoms with Gasteiger partial charge >= 0.3 is 5.97 Å². The molecule has 0 aromatic heterocycles. The van der Waals surface area contributed by atoms with Gasteiger partial charge in [-0.15, -0.1) is 0 Å². The number of ether oxygens (including phenoxy) is 2. The smallest absolute Gasteiger partial charge is 0.330 e. The fourth-order valence-corrected chi connectivity index (χ4v) is 3.54. The third-order valence-electron chi connectivity index (χ3n) is 5.13. The first-order valence-corrected chi connectivity index (χ1v) is 8.94. The van der Waals surface area contributed by atoms with E-state index >= 15 is 0 Å². The Balaban J connectivity index is 2.06. The summed E-state index contributed by atoms with van der Waals surface area (Å²) in [4.78, 5) is 24.4. The standard InChI is InChI=1S/C19H30O5/c1-13-6-5-7-15-19(22,24-15)10-11-23-16(20)8-9-18(3,4)17(21)14(2)12-13/h8-9,13-15,22H,5-7,10-12H2,1-4H3. The highest BCUT2D eigenvalue weighted by Gasteiger charge is 2.54. The molecule has 1 N–H and O–H groups in total. The van der Waals surface area contributed by atoms with Crippen molar-refractivity contribution in [3.05, 3.63) is 12.2 Å². The van der Waals surface area contributed by atoms with Gasteiger partial charge in [-0.05, 0) is 32.6 Å². The molecule has 0 radical (unpaired) electrons. The van der Waals surface area contributed by atoms with Crippen LogP contribution in [-0.4, -0.2) is 35.4 Å². The Hall–Kier alpha value is -1.20. The lowest BCUT2D eigenvalue weighted by molar-refractivity contribution is -0.139. The van der Waals surface area contributed by atoms with E-state index in [0.717, 1.165) is 25.7 Å². The van der Waals surface area contributed by atoms with Crippen LogP contribution < -0.4 is 0 Å². The van der Waals surface area contributed by atoms with Gasteiger partial charge in [0.1, 0.15) is 11.9 Å². The highest BCUT2D eigenvalue weighted by molar-refractivity contribution is 5.90. The summed E-state index contributed by atoms with van der Waals surface area (Å²) in [5.74, 6) is -1.10. The second-order valence-corrected chi connectivity index (χ2v) is 7.96. The summed E-state index contributed by atoms with van der Waals surface area (Å²) in [5.41, 5.74) is -0.696. The Morgan fingerprint density at radius 2 is 1.92 bits per heavy atom. The number of carbonyl (C=O) groups is 2. The molecular weight excluding hydrogens is 308 g/mol. The molecule has 24 heavy (non-hydrogen) atoms. The predicted molar refractivity (Wildman–Crippen MR) is 90.1 cm³/mol. The van der Waals surface area contributed by atoms with Crippen LogP contribution in [0.2, 0.25) is 0 Å². The van der Waals surface area contributed by atoms with Crippen molar-refractivity contribution in [2.24, 2.45) is 17.3 Å². The van der Waals surface area contributed by atoms with E-state index in [1.54, 1.807) is 6.08 Å². The van der Waals surface area contributed by atoms with Gasteiger partial charge in [0.15, 0.2) is 5.79 Å². The normalized spacial score (nSPS) is 38.3. The van der Waals surface area contributed by atoms with Gasteiger partial charge in [0.05, 0.1) is 6.61 Å². The number of Topliss-reactive ketones (excluding diaryl/α,β-unsaturated/α-hetero) is 1. The van der Waals surface area contributed by atoms with E-state index in [-0.39, 0.29) is 30.8 Å². The van der Waals surface area contributed by atoms with E-state index in [1.165, 1.54) is 6.08 Å². The van der Waals surface area contributed by atoms with Crippen LogP contribution in [0.15, 0.2) is 12.2 Å². The van der Waals surface area contributed by atoms with Gasteiger partial charge in [0, 0.05) is 23.8 Å². The van der Waals surface area contributed by atoms with Crippen LogP contribution in [0.25, 0.3) is 0 Å². The van der Waals surface area contributed by atoms with Crippen molar-refractivity contribution in [3.63, 3.8) is 0 Å². The molecule has 4 atom stereocenters. The van der Waals surface area contributed by atoms with Crippen molar-refractivity contribution in [1.29, 1.82) is 0 Å². The lowest BCUT2D eigenvalue weighted by Crippen LogP contribution is -2.29. The Morgan fingerprint density at radius 3 is 2.62 bits per heavy atom. The van der Waals surface area contributed by atoms with Crippen molar-refractivity contribution >= 4 is 11.8 Å². The molecule has 136 valence electrons. The summed E-state index contributed by atoms with van der Waals surface area (Å²) >= 11 is 0. The summed E-state index contributed by atoms with van der Waals surface area (Å²) in [5, 5.41) is 10.2. The average Bonchev–Trinajstić information content (AvgIpc) is 3.13. The Bertz CT molecular complexity index is 510. The van der Waals surface area contributed by atoms with Crippen molar-refractivity contribution in [3.8, 4) is 0 Å². The second kappa shape index (κ2) is 7.36. The van der Waals surface area contributed by atoms with Crippen LogP contribution >= 0.6 is 0 Å². The van der Waals surface area contributed by atoms with Gasteiger partial charge in [0.25, 0.3) is 0 Å². The Labute approximate surface area is 144 Å². The number of carbonyl (C=O) groups excluding carboxylic acids is 2. The minimum Gasteiger partial charge on any atom is -0.462 e. The molecule has 0 bridgehead atoms. The van der Waals surface area contributed by atoms with Crippen molar-refractivity contribution in [2.45, 2.75) is 71.7 Å². The van der Waals surface area contributed by atoms with E-state index in [9.17, 15) is 14.7 Å². The van der Waals surface area contributed by atoms with Crippen molar-refractivity contribution < 1.29 is 24.2 Å². The fourth-order valence-electron chi connectivity index (χ4n) is 3.54. The number of ketones is 1. The van der Waals surface area contributed by atoms with Crippen molar-refractivity contribution in [2.75, 3.05) is 6.61 Å². The zero-order valence-electron chi connectivity index (χ0n) is 15.2. The number of allylic oxidation sites excluding steroid dienone is 1. The average molecular weight is 338 g/mol. The molecule has 2 rings (SSSR count). The number of rotatable bonds is 0. The van der Waals surface area contributed by atoms with E-state index < -0.39 is 17.2 Å². The molecule has 0 aromatic rings. The molecule has 0 aromatic carbocycles. The number of hydrogen-bond acceptors (Lipinski definition) is 5. The summed E-state index contributed by atoms with van der Waals surface area (Å²) in [6.07, 6.45) is 6.65. The topological polar surface area (TPSA) is 76.1 Å². The third-order valence-corrected chi connectivity index (χ3v) is 5.13. The van der Waals surface area contributed by atoms with Crippen LogP contribution in [0, 0.1) is 17.3 Å². The highest BCUT2D eigenvalue weighted by atomic mass is 16.7. The quantitative estimate of drug-likeness (QED) is 0.543. The molecule has 0 amide bonds. The fraction of sp³-hybridized carbons (Fsp3) is 0.789. The molecule has 0 spiro atoms. The molecule has 2 aliphatic heterocycles. The Morgan fingerprint density at radius 1 is 1.21 bits per heavy atom. The number of hydrogen-bond donors (Lipinski definition) is 1. The second-order valence-electron chi connectivity index (χ2n) is 7.96. The van der Waals surface area contributed by atoms with E-state index in [0.29, 0.717) is 5.92 Å². The highest BCUT2D eigenvalue weighted by Crippen LogP contribution is 2.40. The van der Waals surface area contributed by atoms with Gasteiger partial charge in [-0.25, -0.2) is 4.79 Å². The van der Waals surface area contributed by atoms with E-state index in [4.69, 9.17) is 9.47 Å². The first-order valence-electron chi connectivity index (χ1n) is 8.94. The molecule has 2 aliphatic rings. The van der Waals surface area contributed by atoms with Gasteiger partial charge in [0.2, 0.25) is 0 Å². The van der Waals surface area contributed by atoms with Gasteiger partial charge in [-0.1, -0.05) is 32.8 Å². The zero-order chi connectivity index (χ0) is 18.0. The maximum absolute atomic E-state index is 12.7. The lowest BCUT2D eigenvalue weighted by atomic mass is 9.78. The lowest BCUT2D eigenvalue weighted by Gasteiger charge is -2.25. The van der Waals surface area contributed by atoms with Gasteiger partial charge in [-0.2, -0.15) is 0 Å². The molecule has 0 aliphatic carbocycles. The molecule has 1 fully saturated rings. The van der Waals surface area contributed by atoms with Crippen LogP contribution in [-0.2, 0) is 19.1 Å². The van der Waals surface area contributed by atoms with Crippen LogP contribution in [0.4, 0.5) is 0 Å². The molecule has 2 heterocycles. The molecular formula is C19H30O5. The number of epoxide rings is 1. The number of cyclic esters (lactones) is 1. The zero-order valence-corrected chi connectivity index (χ0v) is 15.2. The van der Waals surface area contributed by atoms with Crippen molar-refractivity contribution in [1.82, 2.24) is 0 Å². The maximum Gasteiger partial charge on any atom is 0.330 e. The number of aliphatic hydroxyl groups is 1. The largest absolute Gasteiger partial charge is 0.462 e. The minimum absolute atomic E-state index is 0.0577. The van der Waals surface area contributed by atoms with Gasteiger partial charge in [-0.3, -0.25) is 4.79 Å². The van der Waals surface area contributed by atoms with E-state index in [1.807, 2.05) is 20.8 Å². The molecule has 5 heteroatoms. The summed E-state index contributed by atoms with van der Waals surface area (Å²) in [7, 11) is 0. The molecule has 5 nitrogen and oxygen atoms in total. The molecule has 1 saturated heterocycles. The summed E-state index contributed by atoms with van der Waals surface area (Å²) in [6.45, 7) is 7.88. The first kappa shape index (κ1) is 19.1. The summed E-state index contributed by atoms with van der Waals surface area (Å²) in [6, 6.07) is 0. The molecule has 0 saturated carbocycles. The van der Waals surface area contributed by atoms with Crippen LogP contribution in [0.1, 0.15) is 59.8 Å². The number of esters is 1. The first-order chi connectivity index (χ1) is 11.1. The SMILES string of the molecule is CC1CCCC2OC2(O)CCOC(=O)C=CC(C)(C)C(=O)C(C)C1. The summed E-state index contributed by atoms with van der Waals surface area (Å²) < 4.78 is 10.5. The maximum atomic E-state index is 12.7.